The average Bonchev–Trinajstić information content (AvgIpc) is 4.02. The van der Waals surface area contributed by atoms with Crippen LogP contribution in [0.25, 0.3) is 0 Å². The lowest BCUT2D eigenvalue weighted by atomic mass is 9.82. The van der Waals surface area contributed by atoms with Gasteiger partial charge in [0.2, 0.25) is 11.8 Å². The fourth-order valence-electron chi connectivity index (χ4n) is 9.65. The number of thiazole rings is 1. The predicted octanol–water partition coefficient (Wildman–Crippen LogP) is 7.41. The van der Waals surface area contributed by atoms with Crippen LogP contribution in [0.2, 0.25) is 0 Å². The molecule has 1 aromatic heterocycles. The van der Waals surface area contributed by atoms with Gasteiger partial charge in [-0.2, -0.15) is 0 Å². The van der Waals surface area contributed by atoms with E-state index in [1.165, 1.54) is 6.92 Å². The molecule has 2 aromatic carbocycles. The van der Waals surface area contributed by atoms with Gasteiger partial charge in [-0.15, -0.1) is 11.3 Å². The molecule has 0 spiro atoms. The van der Waals surface area contributed by atoms with E-state index in [1.54, 1.807) is 67.3 Å². The van der Waals surface area contributed by atoms with E-state index in [1.807, 2.05) is 58.0 Å². The number of piperidine rings is 1. The quantitative estimate of drug-likeness (QED) is 0.0352. The number of esters is 1. The molecular weight excluding hydrogens is 1020 g/mol. The molecule has 2 aliphatic rings. The minimum absolute atomic E-state index is 0.0644. The number of aromatic nitrogens is 1. The number of Topliss-reactive ketones (excluding diaryl/α,β-unsaturated/α-hetero) is 1. The Hall–Kier alpha value is -6.35. The maximum absolute atomic E-state index is 14.7. The van der Waals surface area contributed by atoms with Gasteiger partial charge in [-0.3, -0.25) is 38.4 Å². The van der Waals surface area contributed by atoms with E-state index in [-0.39, 0.29) is 99.2 Å². The second-order valence-corrected chi connectivity index (χ2v) is 21.5. The van der Waals surface area contributed by atoms with E-state index in [0.717, 1.165) is 34.6 Å². The standard InChI is InChI=1S/C58H79N5O14S/c1-10-37(4)46(57(70)61(9)49(36(2)3)33-51(77-41(8)64)54-60-47(35-78-54)53(67)59-43(30-38(5)58(71)72)31-42-16-12-11-13-17-42)32-50(65)48-18-14-15-23-62(48)52(66)34-75-27-26-73-24-25-74-28-29-76-45-21-19-44(20-22-45)63-55(68)39(6)40(7)56(63)69/h11-13,16-17,19-22,35-38,43,46,48-49,51H,10,14-15,18,23-34H2,1-9H3,(H,59,67)(H,71,72)/t37-,38-,43+,46-,48+,49+,51+/m0/s1. The summed E-state index contributed by atoms with van der Waals surface area (Å²) in [7, 11) is 1.69. The van der Waals surface area contributed by atoms with Gasteiger partial charge >= 0.3 is 11.9 Å². The summed E-state index contributed by atoms with van der Waals surface area (Å²) < 4.78 is 28.5. The number of carboxylic acids is 1. The van der Waals surface area contributed by atoms with Crippen LogP contribution in [0.15, 0.2) is 71.1 Å². The Morgan fingerprint density at radius 2 is 1.47 bits per heavy atom. The van der Waals surface area contributed by atoms with Crippen LogP contribution in [0.1, 0.15) is 127 Å². The van der Waals surface area contributed by atoms with E-state index in [0.29, 0.717) is 66.6 Å². The van der Waals surface area contributed by atoms with E-state index in [2.05, 4.69) is 10.3 Å². The number of likely N-dealkylation sites (tertiary alicyclic amines) is 1. The van der Waals surface area contributed by atoms with Gasteiger partial charge in [0.1, 0.15) is 29.7 Å². The lowest BCUT2D eigenvalue weighted by molar-refractivity contribution is -0.150. The summed E-state index contributed by atoms with van der Waals surface area (Å²) in [6.45, 7) is 15.7. The van der Waals surface area contributed by atoms with Crippen LogP contribution in [0.3, 0.4) is 0 Å². The molecule has 78 heavy (non-hydrogen) atoms. The van der Waals surface area contributed by atoms with Crippen molar-refractivity contribution in [3.63, 3.8) is 0 Å². The van der Waals surface area contributed by atoms with Crippen molar-refractivity contribution < 1.29 is 67.1 Å². The van der Waals surface area contributed by atoms with Crippen molar-refractivity contribution in [1.29, 1.82) is 0 Å². The van der Waals surface area contributed by atoms with Crippen LogP contribution < -0.4 is 15.0 Å². The normalized spacial score (nSPS) is 17.1. The number of carboxylic acid groups (broad SMARTS) is 1. The monoisotopic (exact) mass is 1100 g/mol. The molecule has 0 unspecified atom stereocenters. The first-order valence-corrected chi connectivity index (χ1v) is 27.9. The smallest absolute Gasteiger partial charge is 0.306 e. The van der Waals surface area contributed by atoms with Gasteiger partial charge in [-0.1, -0.05) is 71.4 Å². The zero-order valence-electron chi connectivity index (χ0n) is 46.7. The number of imide groups is 1. The Labute approximate surface area is 462 Å². The summed E-state index contributed by atoms with van der Waals surface area (Å²) >= 11 is 1.15. The molecule has 5 rings (SSSR count). The molecule has 426 valence electrons. The highest BCUT2D eigenvalue weighted by Crippen LogP contribution is 2.34. The number of ether oxygens (including phenoxy) is 5. The molecule has 3 heterocycles. The Bertz CT molecular complexity index is 2530. The van der Waals surface area contributed by atoms with Crippen LogP contribution in [-0.4, -0.2) is 145 Å². The molecule has 5 amide bonds. The third-order valence-electron chi connectivity index (χ3n) is 14.6. The molecule has 1 fully saturated rings. The van der Waals surface area contributed by atoms with Gasteiger partial charge in [0.25, 0.3) is 17.7 Å². The van der Waals surface area contributed by atoms with Crippen LogP contribution in [-0.2, 0) is 58.9 Å². The van der Waals surface area contributed by atoms with Crippen molar-refractivity contribution in [2.45, 2.75) is 131 Å². The molecule has 0 saturated carbocycles. The molecule has 0 bridgehead atoms. The fraction of sp³-hybridized carbons (Fsp3) is 0.569. The first kappa shape index (κ1) is 62.5. The minimum Gasteiger partial charge on any atom is -0.491 e. The van der Waals surface area contributed by atoms with E-state index < -0.39 is 53.9 Å². The topological polar surface area (TPSA) is 238 Å². The summed E-state index contributed by atoms with van der Waals surface area (Å²) in [6, 6.07) is 14.5. The van der Waals surface area contributed by atoms with Crippen molar-refractivity contribution in [2.24, 2.45) is 23.7 Å². The lowest BCUT2D eigenvalue weighted by Crippen LogP contribution is -2.51. The van der Waals surface area contributed by atoms with Crippen molar-refractivity contribution >= 4 is 64.3 Å². The van der Waals surface area contributed by atoms with Gasteiger partial charge < -0.3 is 43.9 Å². The Morgan fingerprint density at radius 3 is 2.08 bits per heavy atom. The van der Waals surface area contributed by atoms with Crippen molar-refractivity contribution in [3.8, 4) is 5.75 Å². The number of hydrogen-bond acceptors (Lipinski definition) is 15. The second-order valence-electron chi connectivity index (χ2n) is 20.6. The number of anilines is 1. The van der Waals surface area contributed by atoms with E-state index >= 15 is 0 Å². The molecule has 3 aromatic rings. The molecule has 0 aliphatic carbocycles. The number of carbonyl (C=O) groups excluding carboxylic acids is 7. The van der Waals surface area contributed by atoms with Crippen molar-refractivity contribution in [2.75, 3.05) is 64.7 Å². The first-order chi connectivity index (χ1) is 37.2. The van der Waals surface area contributed by atoms with Gasteiger partial charge in [-0.05, 0) is 87.6 Å². The first-order valence-electron chi connectivity index (χ1n) is 27.0. The van der Waals surface area contributed by atoms with Crippen LogP contribution in [0, 0.1) is 23.7 Å². The summed E-state index contributed by atoms with van der Waals surface area (Å²) in [4.78, 5) is 114. The minimum atomic E-state index is -0.970. The SMILES string of the molecule is CC[C@H](C)[C@H](CC(=O)[C@H]1CCCCN1C(=O)COCCOCCOCCOc1ccc(N2C(=O)C(C)=C(C)C2=O)cc1)C(=O)N(C)[C@H](C[C@@H](OC(C)=O)c1nc(C(=O)N[C@@H](Cc2ccccc2)C[C@H](C)C(=O)O)cs1)C(C)C. The number of benzene rings is 2. The maximum atomic E-state index is 14.7. The third kappa shape index (κ3) is 17.8. The van der Waals surface area contributed by atoms with Crippen LogP contribution in [0.4, 0.5) is 5.69 Å². The number of nitrogens with zero attached hydrogens (tertiary/aromatic N) is 4. The molecule has 19 nitrogen and oxygen atoms in total. The second kappa shape index (κ2) is 30.7. The number of amides is 5. The van der Waals surface area contributed by atoms with Crippen molar-refractivity contribution in [1.82, 2.24) is 20.1 Å². The molecule has 20 heteroatoms. The highest BCUT2D eigenvalue weighted by molar-refractivity contribution is 7.09. The number of hydrogen-bond donors (Lipinski definition) is 2. The Morgan fingerprint density at radius 1 is 0.846 bits per heavy atom. The van der Waals surface area contributed by atoms with Gasteiger partial charge in [0, 0.05) is 67.9 Å². The highest BCUT2D eigenvalue weighted by Gasteiger charge is 2.40. The van der Waals surface area contributed by atoms with Gasteiger partial charge in [0.05, 0.1) is 50.7 Å². The molecular formula is C58H79N5O14S. The summed E-state index contributed by atoms with van der Waals surface area (Å²) in [5.41, 5.74) is 2.37. The number of nitrogens with one attached hydrogen (secondary N) is 1. The van der Waals surface area contributed by atoms with Crippen molar-refractivity contribution in [3.05, 3.63) is 87.4 Å². The van der Waals surface area contributed by atoms with Crippen LogP contribution in [0.5, 0.6) is 5.75 Å². The van der Waals surface area contributed by atoms with E-state index in [9.17, 15) is 43.5 Å². The number of ketones is 1. The third-order valence-corrected chi connectivity index (χ3v) is 15.5. The Kier molecular flexibility index (Phi) is 24.6. The van der Waals surface area contributed by atoms with Crippen LogP contribution >= 0.6 is 11.3 Å². The molecule has 7 atom stereocenters. The lowest BCUT2D eigenvalue weighted by Gasteiger charge is -2.38. The van der Waals surface area contributed by atoms with Gasteiger partial charge in [-0.25, -0.2) is 9.88 Å². The summed E-state index contributed by atoms with van der Waals surface area (Å²) in [5, 5.41) is 14.5. The number of aliphatic carboxylic acids is 1. The summed E-state index contributed by atoms with van der Waals surface area (Å²) in [6.07, 6.45) is 2.38. The number of carbonyl (C=O) groups is 8. The number of rotatable bonds is 32. The fourth-order valence-corrected chi connectivity index (χ4v) is 10.5. The Balaban J connectivity index is 1.09. The molecule has 2 aliphatic heterocycles. The molecule has 1 saturated heterocycles. The predicted molar refractivity (Wildman–Crippen MR) is 293 cm³/mol. The highest BCUT2D eigenvalue weighted by atomic mass is 32.1. The molecule has 2 N–H and O–H groups in total. The zero-order valence-corrected chi connectivity index (χ0v) is 47.5. The van der Waals surface area contributed by atoms with Gasteiger partial charge in [0.15, 0.2) is 11.9 Å². The zero-order chi connectivity index (χ0) is 57.1. The molecule has 0 radical (unpaired) electrons. The summed E-state index contributed by atoms with van der Waals surface area (Å²) in [5.74, 6) is -4.59. The largest absolute Gasteiger partial charge is 0.491 e. The maximum Gasteiger partial charge on any atom is 0.306 e. The van der Waals surface area contributed by atoms with E-state index in [4.69, 9.17) is 23.7 Å². The average molecular weight is 1100 g/mol.